The van der Waals surface area contributed by atoms with Crippen molar-refractivity contribution in [3.8, 4) is 17.1 Å². The molecule has 4 aromatic rings. The molecular formula is C16H12N4O. The number of fused-ring (bicyclic) bond motifs is 1. The molecule has 0 aliphatic rings. The fourth-order valence-electron chi connectivity index (χ4n) is 2.28. The van der Waals surface area contributed by atoms with Crippen LogP contribution < -0.4 is 5.73 Å². The summed E-state index contributed by atoms with van der Waals surface area (Å²) in [4.78, 5) is 4.41. The molecule has 5 nitrogen and oxygen atoms in total. The lowest BCUT2D eigenvalue weighted by molar-refractivity contribution is 0.543. The van der Waals surface area contributed by atoms with Crippen LogP contribution in [0.25, 0.3) is 28.2 Å². The van der Waals surface area contributed by atoms with Gasteiger partial charge in [-0.15, -0.1) is 0 Å². The number of hydrogen-bond acceptors (Lipinski definition) is 4. The summed E-state index contributed by atoms with van der Waals surface area (Å²) in [6.07, 6.45) is 3.61. The van der Waals surface area contributed by atoms with Crippen LogP contribution in [0.15, 0.2) is 65.3 Å². The molecule has 2 N–H and O–H groups in total. The van der Waals surface area contributed by atoms with Crippen molar-refractivity contribution in [3.63, 3.8) is 0 Å². The van der Waals surface area contributed by atoms with Gasteiger partial charge in [-0.25, -0.2) is 0 Å². The molecule has 0 fully saturated rings. The summed E-state index contributed by atoms with van der Waals surface area (Å²) in [7, 11) is 0. The van der Waals surface area contributed by atoms with Crippen LogP contribution in [0.1, 0.15) is 0 Å². The molecule has 0 aliphatic carbocycles. The molecule has 0 aliphatic heterocycles. The first-order chi connectivity index (χ1) is 10.3. The number of oxazole rings is 1. The third-order valence-corrected chi connectivity index (χ3v) is 3.33. The van der Waals surface area contributed by atoms with Crippen LogP contribution in [0.2, 0.25) is 0 Å². The lowest BCUT2D eigenvalue weighted by Gasteiger charge is -2.00. The molecule has 0 amide bonds. The van der Waals surface area contributed by atoms with Gasteiger partial charge >= 0.3 is 6.01 Å². The molecule has 0 unspecified atom stereocenters. The maximum atomic E-state index is 5.99. The van der Waals surface area contributed by atoms with Gasteiger partial charge < -0.3 is 10.2 Å². The molecule has 0 spiro atoms. The summed E-state index contributed by atoms with van der Waals surface area (Å²) in [5.74, 6) is 0. The highest BCUT2D eigenvalue weighted by molar-refractivity contribution is 5.76. The second-order valence-electron chi connectivity index (χ2n) is 4.72. The first-order valence-corrected chi connectivity index (χ1v) is 6.57. The smallest absolute Gasteiger partial charge is 0.323 e. The van der Waals surface area contributed by atoms with Crippen LogP contribution in [0.4, 0.5) is 5.69 Å². The Morgan fingerprint density at radius 3 is 2.67 bits per heavy atom. The molecule has 2 aromatic heterocycles. The van der Waals surface area contributed by atoms with E-state index in [2.05, 4.69) is 10.1 Å². The largest absolute Gasteiger partial charge is 0.422 e. The van der Waals surface area contributed by atoms with Crippen molar-refractivity contribution < 1.29 is 4.42 Å². The Morgan fingerprint density at radius 2 is 1.81 bits per heavy atom. The van der Waals surface area contributed by atoms with E-state index in [0.29, 0.717) is 6.01 Å². The SMILES string of the molecule is Nc1ccccc1-c1cnn(-c2nc3ccccc3o2)c1. The van der Waals surface area contributed by atoms with Gasteiger partial charge in [0.25, 0.3) is 0 Å². The van der Waals surface area contributed by atoms with Crippen molar-refractivity contribution in [2.45, 2.75) is 0 Å². The summed E-state index contributed by atoms with van der Waals surface area (Å²) < 4.78 is 7.30. The zero-order valence-corrected chi connectivity index (χ0v) is 11.1. The number of benzene rings is 2. The minimum atomic E-state index is 0.442. The molecule has 0 radical (unpaired) electrons. The minimum Gasteiger partial charge on any atom is -0.422 e. The Hall–Kier alpha value is -3.08. The van der Waals surface area contributed by atoms with Crippen LogP contribution >= 0.6 is 0 Å². The van der Waals surface area contributed by atoms with Crippen LogP contribution in [0, 0.1) is 0 Å². The number of para-hydroxylation sites is 3. The summed E-state index contributed by atoms with van der Waals surface area (Å²) in [6.45, 7) is 0. The first kappa shape index (κ1) is 11.7. The average Bonchev–Trinajstić information content (AvgIpc) is 3.14. The lowest BCUT2D eigenvalue weighted by Crippen LogP contribution is -1.93. The van der Waals surface area contributed by atoms with Crippen LogP contribution in [0.5, 0.6) is 0 Å². The summed E-state index contributed by atoms with van der Waals surface area (Å²) in [5, 5.41) is 4.30. The molecule has 2 heterocycles. The van der Waals surface area contributed by atoms with E-state index in [4.69, 9.17) is 10.2 Å². The Labute approximate surface area is 120 Å². The van der Waals surface area contributed by atoms with Crippen LogP contribution in [0.3, 0.4) is 0 Å². The van der Waals surface area contributed by atoms with Crippen molar-refractivity contribution in [1.82, 2.24) is 14.8 Å². The average molecular weight is 276 g/mol. The molecule has 21 heavy (non-hydrogen) atoms. The summed E-state index contributed by atoms with van der Waals surface area (Å²) in [5.41, 5.74) is 10.1. The maximum Gasteiger partial charge on any atom is 0.323 e. The van der Waals surface area contributed by atoms with Crippen LogP contribution in [-0.2, 0) is 0 Å². The molecule has 0 saturated heterocycles. The topological polar surface area (TPSA) is 69.9 Å². The van der Waals surface area contributed by atoms with Crippen molar-refractivity contribution in [2.75, 3.05) is 5.73 Å². The molecule has 2 aromatic carbocycles. The van der Waals surface area contributed by atoms with E-state index in [1.807, 2.05) is 54.7 Å². The number of nitrogen functional groups attached to an aromatic ring is 1. The predicted octanol–water partition coefficient (Wildman–Crippen LogP) is 3.26. The summed E-state index contributed by atoms with van der Waals surface area (Å²) >= 11 is 0. The van der Waals surface area contributed by atoms with Crippen molar-refractivity contribution >= 4 is 16.8 Å². The van der Waals surface area contributed by atoms with Crippen molar-refractivity contribution in [2.24, 2.45) is 0 Å². The number of nitrogens with zero attached hydrogens (tertiary/aromatic N) is 3. The van der Waals surface area contributed by atoms with E-state index in [-0.39, 0.29) is 0 Å². The Morgan fingerprint density at radius 1 is 1.00 bits per heavy atom. The molecular weight excluding hydrogens is 264 g/mol. The zero-order valence-electron chi connectivity index (χ0n) is 11.1. The normalized spacial score (nSPS) is 11.0. The van der Waals surface area contributed by atoms with Gasteiger partial charge in [0.2, 0.25) is 0 Å². The van der Waals surface area contributed by atoms with Crippen molar-refractivity contribution in [1.29, 1.82) is 0 Å². The first-order valence-electron chi connectivity index (χ1n) is 6.57. The van der Waals surface area contributed by atoms with Gasteiger partial charge in [-0.05, 0) is 18.2 Å². The third kappa shape index (κ3) is 1.95. The molecule has 0 bridgehead atoms. The van der Waals surface area contributed by atoms with E-state index < -0.39 is 0 Å². The summed E-state index contributed by atoms with van der Waals surface area (Å²) in [6, 6.07) is 15.7. The molecule has 0 atom stereocenters. The van der Waals surface area contributed by atoms with Gasteiger partial charge in [0.05, 0.1) is 6.20 Å². The number of nitrogens with two attached hydrogens (primary N) is 1. The van der Waals surface area contributed by atoms with Crippen LogP contribution in [-0.4, -0.2) is 14.8 Å². The monoisotopic (exact) mass is 276 g/mol. The standard InChI is InChI=1S/C16H12N4O/c17-13-6-2-1-5-12(13)11-9-18-20(10-11)16-19-14-7-3-4-8-15(14)21-16/h1-10H,17H2. The molecule has 5 heteroatoms. The van der Waals surface area contributed by atoms with E-state index >= 15 is 0 Å². The van der Waals surface area contributed by atoms with E-state index in [1.165, 1.54) is 0 Å². The minimum absolute atomic E-state index is 0.442. The zero-order chi connectivity index (χ0) is 14.2. The van der Waals surface area contributed by atoms with E-state index in [9.17, 15) is 0 Å². The predicted molar refractivity (Wildman–Crippen MR) is 81.0 cm³/mol. The highest BCUT2D eigenvalue weighted by atomic mass is 16.4. The van der Waals surface area contributed by atoms with Gasteiger partial charge in [0.15, 0.2) is 5.58 Å². The highest BCUT2D eigenvalue weighted by Crippen LogP contribution is 2.26. The number of hydrogen-bond donors (Lipinski definition) is 1. The Kier molecular flexibility index (Phi) is 2.50. The second kappa shape index (κ2) is 4.49. The fraction of sp³-hybridized carbons (Fsp3) is 0. The molecule has 102 valence electrons. The Balaban J connectivity index is 1.79. The van der Waals surface area contributed by atoms with Crippen molar-refractivity contribution in [3.05, 3.63) is 60.9 Å². The molecule has 0 saturated carbocycles. The number of rotatable bonds is 2. The van der Waals surface area contributed by atoms with Gasteiger partial charge in [0, 0.05) is 23.0 Å². The van der Waals surface area contributed by atoms with Gasteiger partial charge in [-0.1, -0.05) is 30.3 Å². The van der Waals surface area contributed by atoms with Gasteiger partial charge in [-0.2, -0.15) is 14.8 Å². The number of aromatic nitrogens is 3. The quantitative estimate of drug-likeness (QED) is 0.570. The molecule has 4 rings (SSSR count). The van der Waals surface area contributed by atoms with Gasteiger partial charge in [0.1, 0.15) is 5.52 Å². The maximum absolute atomic E-state index is 5.99. The third-order valence-electron chi connectivity index (χ3n) is 3.33. The fourth-order valence-corrected chi connectivity index (χ4v) is 2.28. The Bertz CT molecular complexity index is 890. The lowest BCUT2D eigenvalue weighted by atomic mass is 10.1. The van der Waals surface area contributed by atoms with E-state index in [0.717, 1.165) is 27.9 Å². The highest BCUT2D eigenvalue weighted by Gasteiger charge is 2.10. The van der Waals surface area contributed by atoms with E-state index in [1.54, 1.807) is 10.9 Å². The van der Waals surface area contributed by atoms with Gasteiger partial charge in [-0.3, -0.25) is 0 Å². The number of anilines is 1. The second-order valence-corrected chi connectivity index (χ2v) is 4.72.